The summed E-state index contributed by atoms with van der Waals surface area (Å²) in [5, 5.41) is 3.21. The maximum Gasteiger partial charge on any atom is 0.225 e. The Morgan fingerprint density at radius 2 is 1.57 bits per heavy atom. The molecule has 2 aliphatic heterocycles. The number of nitrogens with one attached hydrogen (secondary N) is 1. The smallest absolute Gasteiger partial charge is 0.225 e. The number of aromatic nitrogens is 2. The third-order valence-electron chi connectivity index (χ3n) is 7.12. The third-order valence-corrected chi connectivity index (χ3v) is 7.12. The first-order chi connectivity index (χ1) is 17.1. The summed E-state index contributed by atoms with van der Waals surface area (Å²) in [6, 6.07) is 20.7. The summed E-state index contributed by atoms with van der Waals surface area (Å²) in [6.45, 7) is 2.78. The van der Waals surface area contributed by atoms with E-state index in [0.29, 0.717) is 38.3 Å². The number of piperazine rings is 1. The van der Waals surface area contributed by atoms with Gasteiger partial charge in [-0.2, -0.15) is 0 Å². The summed E-state index contributed by atoms with van der Waals surface area (Å²) in [4.78, 5) is 37.9. The largest absolute Gasteiger partial charge is 0.350 e. The predicted octanol–water partition coefficient (Wildman–Crippen LogP) is 3.46. The van der Waals surface area contributed by atoms with Gasteiger partial charge in [-0.05, 0) is 42.0 Å². The van der Waals surface area contributed by atoms with Crippen LogP contribution in [0.1, 0.15) is 31.2 Å². The van der Waals surface area contributed by atoms with E-state index in [1.54, 1.807) is 18.5 Å². The van der Waals surface area contributed by atoms with Gasteiger partial charge in [0.1, 0.15) is 0 Å². The lowest BCUT2D eigenvalue weighted by Crippen LogP contribution is -2.50. The Morgan fingerprint density at radius 3 is 2.23 bits per heavy atom. The molecule has 1 aromatic heterocycles. The minimum Gasteiger partial charge on any atom is -0.350 e. The molecule has 1 atom stereocenters. The molecule has 2 fully saturated rings. The predicted molar refractivity (Wildman–Crippen MR) is 136 cm³/mol. The van der Waals surface area contributed by atoms with Crippen LogP contribution in [-0.2, 0) is 16.0 Å². The molecule has 2 saturated heterocycles. The van der Waals surface area contributed by atoms with Gasteiger partial charge >= 0.3 is 0 Å². The van der Waals surface area contributed by atoms with Crippen LogP contribution in [0.25, 0.3) is 11.1 Å². The van der Waals surface area contributed by atoms with Gasteiger partial charge in [-0.25, -0.2) is 9.97 Å². The van der Waals surface area contributed by atoms with Gasteiger partial charge in [0, 0.05) is 57.0 Å². The molecule has 3 heterocycles. The van der Waals surface area contributed by atoms with Crippen molar-refractivity contribution in [3.63, 3.8) is 0 Å². The topological polar surface area (TPSA) is 78.4 Å². The first-order valence-electron chi connectivity index (χ1n) is 12.4. The van der Waals surface area contributed by atoms with Crippen LogP contribution in [-0.4, -0.2) is 58.4 Å². The lowest BCUT2D eigenvalue weighted by Gasteiger charge is -2.36. The number of nitrogens with zero attached hydrogens (tertiary/aromatic N) is 4. The highest BCUT2D eigenvalue weighted by Gasteiger charge is 2.38. The van der Waals surface area contributed by atoms with E-state index in [-0.39, 0.29) is 17.4 Å². The Hall–Kier alpha value is -3.74. The lowest BCUT2D eigenvalue weighted by molar-refractivity contribution is -0.132. The second kappa shape index (κ2) is 10.3. The van der Waals surface area contributed by atoms with Crippen molar-refractivity contribution in [2.75, 3.05) is 31.1 Å². The molecule has 2 aliphatic rings. The minimum absolute atomic E-state index is 0.0785. The Kier molecular flexibility index (Phi) is 6.75. The van der Waals surface area contributed by atoms with E-state index in [4.69, 9.17) is 0 Å². The van der Waals surface area contributed by atoms with E-state index in [2.05, 4.69) is 56.6 Å². The van der Waals surface area contributed by atoms with Crippen molar-refractivity contribution < 1.29 is 9.59 Å². The number of carbonyl (C=O) groups is 2. The molecular formula is C28H31N5O2. The first kappa shape index (κ1) is 23.0. The highest BCUT2D eigenvalue weighted by atomic mass is 16.2. The van der Waals surface area contributed by atoms with Crippen molar-refractivity contribution in [1.82, 2.24) is 20.2 Å². The molecule has 3 aromatic rings. The molecule has 0 bridgehead atoms. The van der Waals surface area contributed by atoms with Gasteiger partial charge in [0.2, 0.25) is 17.8 Å². The average molecular weight is 470 g/mol. The molecule has 7 nitrogen and oxygen atoms in total. The van der Waals surface area contributed by atoms with Gasteiger partial charge in [0.05, 0.1) is 0 Å². The van der Waals surface area contributed by atoms with Gasteiger partial charge in [-0.3, -0.25) is 9.59 Å². The highest BCUT2D eigenvalue weighted by Crippen LogP contribution is 2.31. The summed E-state index contributed by atoms with van der Waals surface area (Å²) in [6.07, 6.45) is 6.59. The van der Waals surface area contributed by atoms with Crippen LogP contribution in [0, 0.1) is 0 Å². The zero-order chi connectivity index (χ0) is 24.1. The van der Waals surface area contributed by atoms with Crippen LogP contribution in [0.2, 0.25) is 0 Å². The standard InChI is InChI=1S/C28H31N5O2/c34-25-11-13-28(31-25,21-22-7-9-24(10-8-22)23-5-2-1-3-6-23)14-12-26(35)32-17-19-33(20-18-32)27-29-15-4-16-30-27/h1-10,15-16H,11-14,17-21H2,(H,31,34)/t28-/m1/s1. The van der Waals surface area contributed by atoms with Crippen LogP contribution in [0.15, 0.2) is 73.1 Å². The Morgan fingerprint density at radius 1 is 0.886 bits per heavy atom. The molecule has 5 rings (SSSR count). The molecule has 7 heteroatoms. The molecule has 1 N–H and O–H groups in total. The summed E-state index contributed by atoms with van der Waals surface area (Å²) in [7, 11) is 0. The number of hydrogen-bond acceptors (Lipinski definition) is 5. The second-order valence-corrected chi connectivity index (χ2v) is 9.48. The molecule has 0 spiro atoms. The summed E-state index contributed by atoms with van der Waals surface area (Å²) in [5.74, 6) is 0.943. The number of rotatable bonds is 7. The molecule has 0 saturated carbocycles. The maximum atomic E-state index is 13.0. The summed E-state index contributed by atoms with van der Waals surface area (Å²) < 4.78 is 0. The number of hydrogen-bond donors (Lipinski definition) is 1. The SMILES string of the molecule is O=C1CC[C@@](CCC(=O)N2CCN(c3ncccn3)CC2)(Cc2ccc(-c3ccccc3)cc2)N1. The van der Waals surface area contributed by atoms with E-state index >= 15 is 0 Å². The average Bonchev–Trinajstić information content (AvgIpc) is 3.29. The molecule has 0 aliphatic carbocycles. The fourth-order valence-electron chi connectivity index (χ4n) is 5.13. The minimum atomic E-state index is -0.360. The summed E-state index contributed by atoms with van der Waals surface area (Å²) in [5.41, 5.74) is 3.18. The zero-order valence-corrected chi connectivity index (χ0v) is 19.9. The van der Waals surface area contributed by atoms with Crippen molar-refractivity contribution in [1.29, 1.82) is 0 Å². The number of benzene rings is 2. The van der Waals surface area contributed by atoms with Crippen LogP contribution < -0.4 is 10.2 Å². The van der Waals surface area contributed by atoms with Crippen LogP contribution >= 0.6 is 0 Å². The molecule has 0 unspecified atom stereocenters. The van der Waals surface area contributed by atoms with Crippen molar-refractivity contribution >= 4 is 17.8 Å². The first-order valence-corrected chi connectivity index (χ1v) is 12.4. The highest BCUT2D eigenvalue weighted by molar-refractivity contribution is 5.80. The van der Waals surface area contributed by atoms with E-state index < -0.39 is 0 Å². The molecule has 35 heavy (non-hydrogen) atoms. The lowest BCUT2D eigenvalue weighted by atomic mass is 9.84. The maximum absolute atomic E-state index is 13.0. The fourth-order valence-corrected chi connectivity index (χ4v) is 5.13. The molecular weight excluding hydrogens is 438 g/mol. The number of amides is 2. The van der Waals surface area contributed by atoms with Crippen molar-refractivity contribution in [2.45, 2.75) is 37.6 Å². The monoisotopic (exact) mass is 469 g/mol. The van der Waals surface area contributed by atoms with Crippen LogP contribution in [0.5, 0.6) is 0 Å². The van der Waals surface area contributed by atoms with Gasteiger partial charge < -0.3 is 15.1 Å². The normalized spacial score (nSPS) is 20.1. The van der Waals surface area contributed by atoms with Gasteiger partial charge in [0.15, 0.2) is 0 Å². The van der Waals surface area contributed by atoms with E-state index in [1.807, 2.05) is 23.1 Å². The second-order valence-electron chi connectivity index (χ2n) is 9.48. The van der Waals surface area contributed by atoms with Gasteiger partial charge in [-0.15, -0.1) is 0 Å². The number of anilines is 1. The number of carbonyl (C=O) groups excluding carboxylic acids is 2. The molecule has 0 radical (unpaired) electrons. The van der Waals surface area contributed by atoms with Crippen molar-refractivity contribution in [3.05, 3.63) is 78.6 Å². The zero-order valence-electron chi connectivity index (χ0n) is 19.9. The quantitative estimate of drug-likeness (QED) is 0.573. The summed E-state index contributed by atoms with van der Waals surface area (Å²) >= 11 is 0. The van der Waals surface area contributed by atoms with Gasteiger partial charge in [-0.1, -0.05) is 54.6 Å². The Balaban J connectivity index is 1.19. The van der Waals surface area contributed by atoms with E-state index in [9.17, 15) is 9.59 Å². The van der Waals surface area contributed by atoms with E-state index in [0.717, 1.165) is 25.9 Å². The van der Waals surface area contributed by atoms with Crippen molar-refractivity contribution in [3.8, 4) is 11.1 Å². The Bertz CT molecular complexity index is 1140. The van der Waals surface area contributed by atoms with E-state index in [1.165, 1.54) is 16.7 Å². The third kappa shape index (κ3) is 5.50. The molecule has 2 aromatic carbocycles. The fraction of sp³-hybridized carbons (Fsp3) is 0.357. The van der Waals surface area contributed by atoms with Crippen LogP contribution in [0.4, 0.5) is 5.95 Å². The molecule has 180 valence electrons. The van der Waals surface area contributed by atoms with Gasteiger partial charge in [0.25, 0.3) is 0 Å². The van der Waals surface area contributed by atoms with Crippen molar-refractivity contribution in [2.24, 2.45) is 0 Å². The Labute approximate surface area is 206 Å². The molecule has 2 amide bonds. The van der Waals surface area contributed by atoms with Crippen LogP contribution in [0.3, 0.4) is 0 Å².